The number of nitrogens with zero attached hydrogens (tertiary/aromatic N) is 1. The second kappa shape index (κ2) is 8.67. The predicted octanol–water partition coefficient (Wildman–Crippen LogP) is 2.94. The summed E-state index contributed by atoms with van der Waals surface area (Å²) in [5.74, 6) is -1.32. The van der Waals surface area contributed by atoms with Crippen LogP contribution in [0.4, 0.5) is 5.69 Å². The van der Waals surface area contributed by atoms with Crippen LogP contribution in [0, 0.1) is 12.3 Å². The number of rotatable bonds is 6. The maximum absolute atomic E-state index is 12.9. The number of hydrogen-bond donors (Lipinski definition) is 1. The zero-order valence-electron chi connectivity index (χ0n) is 18.4. The lowest BCUT2D eigenvalue weighted by Crippen LogP contribution is -2.39. The van der Waals surface area contributed by atoms with Crippen LogP contribution in [0.15, 0.2) is 42.0 Å². The maximum Gasteiger partial charge on any atom is 0.333 e. The molecule has 1 amide bonds. The molecule has 0 saturated carbocycles. The van der Waals surface area contributed by atoms with Gasteiger partial charge in [-0.25, -0.2) is 4.79 Å². The molecule has 1 N–H and O–H groups in total. The van der Waals surface area contributed by atoms with Gasteiger partial charge in [-0.1, -0.05) is 29.8 Å². The topological polar surface area (TPSA) is 93.1 Å². The molecule has 0 radical (unpaired) electrons. The van der Waals surface area contributed by atoms with Gasteiger partial charge in [0, 0.05) is 18.2 Å². The number of fused-ring (bicyclic) bond motifs is 1. The fraction of sp³-hybridized carbons (Fsp3) is 0.458. The minimum Gasteiger partial charge on any atom is -0.465 e. The average molecular weight is 427 g/mol. The third-order valence-electron chi connectivity index (χ3n) is 5.97. The van der Waals surface area contributed by atoms with Gasteiger partial charge in [-0.3, -0.25) is 9.59 Å². The Morgan fingerprint density at radius 2 is 1.90 bits per heavy atom. The van der Waals surface area contributed by atoms with Gasteiger partial charge in [0.2, 0.25) is 0 Å². The number of likely N-dealkylation sites (N-methyl/N-ethyl adjacent to an activating group) is 1. The lowest BCUT2D eigenvalue weighted by atomic mass is 9.73. The summed E-state index contributed by atoms with van der Waals surface area (Å²) >= 11 is 0. The zero-order valence-corrected chi connectivity index (χ0v) is 18.4. The van der Waals surface area contributed by atoms with Crippen LogP contribution in [0.1, 0.15) is 44.2 Å². The molecule has 2 atom stereocenters. The van der Waals surface area contributed by atoms with E-state index in [4.69, 9.17) is 9.47 Å². The standard InChI is InChI=1S/C24H29NO6/c1-5-30-20(26)17-9-11-23(12-10-17,22(28)31-6-2)13-14-24(29)18-15-16(3)7-8-19(18)25(4)21(24)27/h7-9,13-15,29H,5-6,10-12H2,1-4H3/b14-13+. The predicted molar refractivity (Wildman–Crippen MR) is 115 cm³/mol. The number of aliphatic hydroxyl groups is 1. The molecule has 1 aromatic rings. The number of amides is 1. The lowest BCUT2D eigenvalue weighted by molar-refractivity contribution is -0.153. The maximum atomic E-state index is 12.9. The first-order valence-corrected chi connectivity index (χ1v) is 10.5. The number of carbonyl (C=O) groups is 3. The van der Waals surface area contributed by atoms with Crippen molar-refractivity contribution in [3.05, 3.63) is 53.1 Å². The van der Waals surface area contributed by atoms with Crippen molar-refractivity contribution in [3.8, 4) is 0 Å². The van der Waals surface area contributed by atoms with Gasteiger partial charge in [-0.15, -0.1) is 0 Å². The number of aryl methyl sites for hydroxylation is 1. The number of allylic oxidation sites excluding steroid dienone is 1. The van der Waals surface area contributed by atoms with Gasteiger partial charge in [-0.05, 0) is 52.2 Å². The SMILES string of the molecule is CCOC(=O)C1=CCC(/C=C/C2(O)C(=O)N(C)c3ccc(C)cc32)(C(=O)OCC)CC1. The summed E-state index contributed by atoms with van der Waals surface area (Å²) in [5.41, 5.74) is -0.414. The summed E-state index contributed by atoms with van der Waals surface area (Å²) in [4.78, 5) is 39.3. The molecule has 0 saturated heterocycles. The molecule has 2 unspecified atom stereocenters. The molecule has 0 spiro atoms. The molecule has 0 aromatic heterocycles. The van der Waals surface area contributed by atoms with Gasteiger partial charge in [0.05, 0.1) is 24.3 Å². The van der Waals surface area contributed by atoms with E-state index in [9.17, 15) is 19.5 Å². The highest BCUT2D eigenvalue weighted by molar-refractivity contribution is 6.08. The first kappa shape index (κ1) is 22.7. The molecule has 2 aliphatic rings. The number of anilines is 1. The monoisotopic (exact) mass is 427 g/mol. The minimum atomic E-state index is -1.87. The van der Waals surface area contributed by atoms with Gasteiger partial charge in [-0.2, -0.15) is 0 Å². The van der Waals surface area contributed by atoms with E-state index in [1.54, 1.807) is 45.2 Å². The summed E-state index contributed by atoms with van der Waals surface area (Å²) in [6.07, 6.45) is 5.53. The first-order chi connectivity index (χ1) is 14.7. The van der Waals surface area contributed by atoms with Crippen LogP contribution in [0.2, 0.25) is 0 Å². The molecule has 3 rings (SSSR count). The van der Waals surface area contributed by atoms with E-state index < -0.39 is 22.9 Å². The molecule has 1 aromatic carbocycles. The third-order valence-corrected chi connectivity index (χ3v) is 5.97. The van der Waals surface area contributed by atoms with Crippen LogP contribution in [0.5, 0.6) is 0 Å². The molecule has 31 heavy (non-hydrogen) atoms. The first-order valence-electron chi connectivity index (χ1n) is 10.5. The Kier molecular flexibility index (Phi) is 6.36. The van der Waals surface area contributed by atoms with E-state index >= 15 is 0 Å². The number of benzene rings is 1. The Labute approximate surface area is 182 Å². The smallest absolute Gasteiger partial charge is 0.333 e. The molecular formula is C24H29NO6. The van der Waals surface area contributed by atoms with Crippen LogP contribution in [0.3, 0.4) is 0 Å². The highest BCUT2D eigenvalue weighted by Gasteiger charge is 2.48. The summed E-state index contributed by atoms with van der Waals surface area (Å²) < 4.78 is 10.4. The van der Waals surface area contributed by atoms with Crippen LogP contribution < -0.4 is 4.90 Å². The Morgan fingerprint density at radius 3 is 2.52 bits per heavy atom. The molecule has 1 heterocycles. The van der Waals surface area contributed by atoms with Crippen LogP contribution >= 0.6 is 0 Å². The van der Waals surface area contributed by atoms with Gasteiger partial charge >= 0.3 is 11.9 Å². The highest BCUT2D eigenvalue weighted by atomic mass is 16.5. The van der Waals surface area contributed by atoms with Crippen molar-refractivity contribution < 1.29 is 29.0 Å². The Morgan fingerprint density at radius 1 is 1.19 bits per heavy atom. The second-order valence-corrected chi connectivity index (χ2v) is 8.02. The fourth-order valence-electron chi connectivity index (χ4n) is 4.13. The van der Waals surface area contributed by atoms with Crippen molar-refractivity contribution in [1.29, 1.82) is 0 Å². The minimum absolute atomic E-state index is 0.205. The van der Waals surface area contributed by atoms with Crippen molar-refractivity contribution in [2.75, 3.05) is 25.2 Å². The van der Waals surface area contributed by atoms with Crippen molar-refractivity contribution in [2.24, 2.45) is 5.41 Å². The Bertz CT molecular complexity index is 965. The zero-order chi connectivity index (χ0) is 22.8. The molecule has 1 aliphatic heterocycles. The van der Waals surface area contributed by atoms with Crippen molar-refractivity contribution in [1.82, 2.24) is 0 Å². The largest absolute Gasteiger partial charge is 0.465 e. The highest BCUT2D eigenvalue weighted by Crippen LogP contribution is 2.44. The van der Waals surface area contributed by atoms with Crippen molar-refractivity contribution >= 4 is 23.5 Å². The van der Waals surface area contributed by atoms with E-state index in [0.29, 0.717) is 29.7 Å². The van der Waals surface area contributed by atoms with E-state index in [1.165, 1.54) is 11.0 Å². The fourth-order valence-corrected chi connectivity index (χ4v) is 4.13. The number of carbonyl (C=O) groups excluding carboxylic acids is 3. The number of esters is 2. The molecule has 1 aliphatic carbocycles. The summed E-state index contributed by atoms with van der Waals surface area (Å²) in [6, 6.07) is 5.45. The van der Waals surface area contributed by atoms with E-state index in [1.807, 2.05) is 13.0 Å². The van der Waals surface area contributed by atoms with Crippen molar-refractivity contribution in [3.63, 3.8) is 0 Å². The summed E-state index contributed by atoms with van der Waals surface area (Å²) in [6.45, 7) is 5.83. The lowest BCUT2D eigenvalue weighted by Gasteiger charge is -2.32. The number of hydrogen-bond acceptors (Lipinski definition) is 6. The second-order valence-electron chi connectivity index (χ2n) is 8.02. The summed E-state index contributed by atoms with van der Waals surface area (Å²) in [7, 11) is 1.61. The summed E-state index contributed by atoms with van der Waals surface area (Å²) in [5, 5.41) is 11.4. The van der Waals surface area contributed by atoms with Gasteiger partial charge in [0.15, 0.2) is 5.60 Å². The van der Waals surface area contributed by atoms with E-state index in [2.05, 4.69) is 0 Å². The van der Waals surface area contributed by atoms with Crippen LogP contribution in [0.25, 0.3) is 0 Å². The quantitative estimate of drug-likeness (QED) is 0.554. The number of ether oxygens (including phenoxy) is 2. The van der Waals surface area contributed by atoms with Gasteiger partial charge < -0.3 is 19.5 Å². The Balaban J connectivity index is 1.98. The van der Waals surface area contributed by atoms with Crippen molar-refractivity contribution in [2.45, 2.75) is 45.6 Å². The third kappa shape index (κ3) is 4.02. The van der Waals surface area contributed by atoms with E-state index in [0.717, 1.165) is 5.56 Å². The van der Waals surface area contributed by atoms with Gasteiger partial charge in [0.1, 0.15) is 0 Å². The Hall–Kier alpha value is -2.93. The van der Waals surface area contributed by atoms with Crippen LogP contribution in [-0.4, -0.2) is 43.2 Å². The molecule has 7 heteroatoms. The molecule has 0 fully saturated rings. The van der Waals surface area contributed by atoms with Gasteiger partial charge in [0.25, 0.3) is 5.91 Å². The normalized spacial score (nSPS) is 25.4. The average Bonchev–Trinajstić information content (AvgIpc) is 2.94. The molecule has 166 valence electrons. The van der Waals surface area contributed by atoms with E-state index in [-0.39, 0.29) is 25.6 Å². The van der Waals surface area contributed by atoms with Crippen LogP contribution in [-0.2, 0) is 29.5 Å². The molecular weight excluding hydrogens is 398 g/mol. The molecule has 7 nitrogen and oxygen atoms in total. The molecule has 0 bridgehead atoms.